The number of methoxy groups -OCH3 is 1. The third-order valence-electron chi connectivity index (χ3n) is 4.64. The topological polar surface area (TPSA) is 71.6 Å². The monoisotopic (exact) mass is 414 g/mol. The van der Waals surface area contributed by atoms with Crippen LogP contribution in [0, 0.1) is 18.3 Å². The van der Waals surface area contributed by atoms with Crippen molar-refractivity contribution in [3.05, 3.63) is 77.3 Å². The number of thiophene rings is 1. The standard InChI is InChI=1S/C23H18N2OS.CO2/c1-16-20-15-18(26-2)12-14-25(20)23(22(16)17-7-4-3-5-8-17)21-11-10-19(27-21)9-6-13-24;2-1-3/h3-12,14-15H,1-2H3;/b9-6-;. The van der Waals surface area contributed by atoms with Gasteiger partial charge in [0.15, 0.2) is 0 Å². The molecule has 148 valence electrons. The summed E-state index contributed by atoms with van der Waals surface area (Å²) in [4.78, 5) is 18.5. The molecule has 1 aromatic carbocycles. The molecular weight excluding hydrogens is 396 g/mol. The fourth-order valence-electron chi connectivity index (χ4n) is 3.41. The van der Waals surface area contributed by atoms with E-state index in [9.17, 15) is 0 Å². The van der Waals surface area contributed by atoms with Gasteiger partial charge in [0.2, 0.25) is 0 Å². The van der Waals surface area contributed by atoms with Crippen molar-refractivity contribution in [2.75, 3.05) is 7.11 Å². The highest BCUT2D eigenvalue weighted by Crippen LogP contribution is 2.42. The molecule has 0 aliphatic rings. The van der Waals surface area contributed by atoms with Crippen molar-refractivity contribution in [1.29, 1.82) is 5.26 Å². The van der Waals surface area contributed by atoms with Crippen LogP contribution in [0.15, 0.2) is 66.9 Å². The van der Waals surface area contributed by atoms with Gasteiger partial charge in [0.25, 0.3) is 0 Å². The average molecular weight is 414 g/mol. The van der Waals surface area contributed by atoms with E-state index in [-0.39, 0.29) is 6.15 Å². The van der Waals surface area contributed by atoms with Gasteiger partial charge in [-0.15, -0.1) is 11.3 Å². The van der Waals surface area contributed by atoms with E-state index in [2.05, 4.69) is 66.1 Å². The van der Waals surface area contributed by atoms with Crippen LogP contribution in [-0.2, 0) is 9.59 Å². The maximum Gasteiger partial charge on any atom is 0.373 e. The molecule has 0 unspecified atom stereocenters. The third kappa shape index (κ3) is 4.08. The fourth-order valence-corrected chi connectivity index (χ4v) is 4.37. The molecule has 3 heterocycles. The summed E-state index contributed by atoms with van der Waals surface area (Å²) in [5, 5.41) is 8.79. The van der Waals surface area contributed by atoms with Crippen LogP contribution in [0.1, 0.15) is 10.4 Å². The molecule has 5 nitrogen and oxygen atoms in total. The summed E-state index contributed by atoms with van der Waals surface area (Å²) in [6.45, 7) is 2.16. The lowest BCUT2D eigenvalue weighted by molar-refractivity contribution is -0.191. The van der Waals surface area contributed by atoms with Crippen molar-refractivity contribution in [1.82, 2.24) is 4.40 Å². The Morgan fingerprint density at radius 3 is 2.50 bits per heavy atom. The van der Waals surface area contributed by atoms with E-state index in [1.807, 2.05) is 18.2 Å². The van der Waals surface area contributed by atoms with E-state index in [1.165, 1.54) is 27.6 Å². The molecule has 0 saturated carbocycles. The first-order valence-electron chi connectivity index (χ1n) is 9.04. The van der Waals surface area contributed by atoms with E-state index in [0.29, 0.717) is 0 Å². The highest BCUT2D eigenvalue weighted by Gasteiger charge is 2.20. The lowest BCUT2D eigenvalue weighted by Crippen LogP contribution is -1.89. The Hall–Kier alpha value is -3.91. The molecule has 4 aromatic rings. The zero-order chi connectivity index (χ0) is 21.5. The number of carbonyl (C=O) groups excluding carboxylic acids is 2. The largest absolute Gasteiger partial charge is 0.497 e. The van der Waals surface area contributed by atoms with Crippen LogP contribution in [0.3, 0.4) is 0 Å². The van der Waals surface area contributed by atoms with E-state index < -0.39 is 0 Å². The quantitative estimate of drug-likeness (QED) is 0.407. The molecular formula is C24H18N2O3S. The molecule has 0 bridgehead atoms. The van der Waals surface area contributed by atoms with Crippen molar-refractivity contribution < 1.29 is 14.3 Å². The maximum absolute atomic E-state index is 8.79. The van der Waals surface area contributed by atoms with Gasteiger partial charge in [-0.25, -0.2) is 0 Å². The number of hydrogen-bond acceptors (Lipinski definition) is 5. The average Bonchev–Trinajstić information content (AvgIpc) is 3.35. The number of hydrogen-bond donors (Lipinski definition) is 0. The third-order valence-corrected chi connectivity index (χ3v) is 5.70. The molecule has 0 radical (unpaired) electrons. The Labute approximate surface area is 178 Å². The number of pyridine rings is 1. The Morgan fingerprint density at radius 2 is 1.83 bits per heavy atom. The summed E-state index contributed by atoms with van der Waals surface area (Å²) in [5.74, 6) is 0.845. The molecule has 0 aliphatic carbocycles. The number of aryl methyl sites for hydroxylation is 1. The first-order chi connectivity index (χ1) is 14.6. The zero-order valence-electron chi connectivity index (χ0n) is 16.5. The van der Waals surface area contributed by atoms with Gasteiger partial charge in [-0.2, -0.15) is 14.9 Å². The second-order valence-electron chi connectivity index (χ2n) is 6.28. The SMILES string of the molecule is COc1ccn2c(-c3ccc(/C=C\C#N)s3)c(-c3ccccc3)c(C)c2c1.O=C=O. The number of fused-ring (bicyclic) bond motifs is 1. The predicted molar refractivity (Wildman–Crippen MR) is 117 cm³/mol. The molecule has 0 spiro atoms. The van der Waals surface area contributed by atoms with E-state index in [1.54, 1.807) is 18.4 Å². The minimum absolute atomic E-state index is 0.250. The highest BCUT2D eigenvalue weighted by molar-refractivity contribution is 7.16. The van der Waals surface area contributed by atoms with Gasteiger partial charge < -0.3 is 9.14 Å². The number of rotatable bonds is 4. The minimum atomic E-state index is 0.250. The number of ether oxygens (including phenoxy) is 1. The van der Waals surface area contributed by atoms with Crippen LogP contribution in [-0.4, -0.2) is 17.7 Å². The van der Waals surface area contributed by atoms with Crippen LogP contribution in [0.4, 0.5) is 0 Å². The second kappa shape index (κ2) is 9.53. The lowest BCUT2D eigenvalue weighted by atomic mass is 10.0. The number of aromatic nitrogens is 1. The molecule has 0 saturated heterocycles. The lowest BCUT2D eigenvalue weighted by Gasteiger charge is -2.06. The Kier molecular flexibility index (Phi) is 6.61. The van der Waals surface area contributed by atoms with E-state index in [0.717, 1.165) is 21.8 Å². The molecule has 6 heteroatoms. The van der Waals surface area contributed by atoms with Crippen molar-refractivity contribution >= 4 is 29.1 Å². The molecule has 3 aromatic heterocycles. The van der Waals surface area contributed by atoms with Crippen molar-refractivity contribution in [2.24, 2.45) is 0 Å². The predicted octanol–water partition coefficient (Wildman–Crippen LogP) is 5.61. The molecule has 0 atom stereocenters. The Bertz CT molecular complexity index is 1270. The summed E-state index contributed by atoms with van der Waals surface area (Å²) in [6, 6.07) is 20.8. The van der Waals surface area contributed by atoms with Crippen molar-refractivity contribution in [3.63, 3.8) is 0 Å². The second-order valence-corrected chi connectivity index (χ2v) is 7.40. The summed E-state index contributed by atoms with van der Waals surface area (Å²) >= 11 is 1.68. The van der Waals surface area contributed by atoms with E-state index >= 15 is 0 Å². The minimum Gasteiger partial charge on any atom is -0.497 e. The van der Waals surface area contributed by atoms with Gasteiger partial charge in [0.1, 0.15) is 5.75 Å². The fraction of sp³-hybridized carbons (Fsp3) is 0.0833. The normalized spacial score (nSPS) is 10.3. The van der Waals surface area contributed by atoms with Gasteiger partial charge in [-0.1, -0.05) is 30.3 Å². The van der Waals surface area contributed by atoms with Crippen molar-refractivity contribution in [2.45, 2.75) is 6.92 Å². The van der Waals surface area contributed by atoms with Gasteiger partial charge in [0, 0.05) is 28.8 Å². The number of nitrogens with zero attached hydrogens (tertiary/aromatic N) is 2. The molecule has 0 N–H and O–H groups in total. The van der Waals surface area contributed by atoms with Crippen molar-refractivity contribution in [3.8, 4) is 33.5 Å². The van der Waals surface area contributed by atoms with Crippen LogP contribution < -0.4 is 4.74 Å². The van der Waals surface area contributed by atoms with Gasteiger partial charge in [0.05, 0.1) is 29.3 Å². The van der Waals surface area contributed by atoms with Crippen LogP contribution in [0.5, 0.6) is 5.75 Å². The van der Waals surface area contributed by atoms with E-state index in [4.69, 9.17) is 19.6 Å². The van der Waals surface area contributed by atoms with Crippen LogP contribution in [0.25, 0.3) is 33.3 Å². The first-order valence-corrected chi connectivity index (χ1v) is 9.86. The number of allylic oxidation sites excluding steroid dienone is 1. The van der Waals surface area contributed by atoms with Gasteiger partial charge in [-0.3, -0.25) is 0 Å². The first kappa shape index (κ1) is 20.8. The van der Waals surface area contributed by atoms with Crippen LogP contribution in [0.2, 0.25) is 0 Å². The number of benzene rings is 1. The Balaban J connectivity index is 0.000000806. The smallest absolute Gasteiger partial charge is 0.373 e. The molecule has 0 fully saturated rings. The number of nitriles is 1. The molecule has 4 rings (SSSR count). The summed E-state index contributed by atoms with van der Waals surface area (Å²) in [7, 11) is 1.69. The maximum atomic E-state index is 8.79. The summed E-state index contributed by atoms with van der Waals surface area (Å²) < 4.78 is 7.66. The highest BCUT2D eigenvalue weighted by atomic mass is 32.1. The van der Waals surface area contributed by atoms with Gasteiger partial charge >= 0.3 is 6.15 Å². The van der Waals surface area contributed by atoms with Crippen LogP contribution >= 0.6 is 11.3 Å². The Morgan fingerprint density at radius 1 is 1.10 bits per heavy atom. The zero-order valence-corrected chi connectivity index (χ0v) is 17.3. The molecule has 0 amide bonds. The molecule has 30 heavy (non-hydrogen) atoms. The van der Waals surface area contributed by atoms with Gasteiger partial charge in [-0.05, 0) is 42.3 Å². The summed E-state index contributed by atoms with van der Waals surface area (Å²) in [5.41, 5.74) is 5.93. The molecule has 0 aliphatic heterocycles. The summed E-state index contributed by atoms with van der Waals surface area (Å²) in [6.07, 6.45) is 5.68.